The molecule has 0 saturated heterocycles. The van der Waals surface area contributed by atoms with Crippen molar-refractivity contribution in [2.45, 2.75) is 0 Å². The summed E-state index contributed by atoms with van der Waals surface area (Å²) in [6.45, 7) is 0. The van der Waals surface area contributed by atoms with Crippen LogP contribution in [0.3, 0.4) is 0 Å². The molecule has 18 heavy (non-hydrogen) atoms. The average Bonchev–Trinajstić information content (AvgIpc) is 2.31. The van der Waals surface area contributed by atoms with E-state index in [0.29, 0.717) is 0 Å². The van der Waals surface area contributed by atoms with E-state index in [4.69, 9.17) is 16.7 Å². The topological polar surface area (TPSA) is 50.2 Å². The number of carboxylic acid groups (broad SMARTS) is 1. The summed E-state index contributed by atoms with van der Waals surface area (Å²) in [7, 11) is 0. The second kappa shape index (κ2) is 4.70. The van der Waals surface area contributed by atoms with E-state index < -0.39 is 17.6 Å². The molecule has 0 saturated carbocycles. The summed E-state index contributed by atoms with van der Waals surface area (Å²) in [5.41, 5.74) is -0.314. The van der Waals surface area contributed by atoms with Gasteiger partial charge in [0.2, 0.25) is 0 Å². The summed E-state index contributed by atoms with van der Waals surface area (Å²) in [4.78, 5) is 14.6. The first-order chi connectivity index (χ1) is 8.47. The van der Waals surface area contributed by atoms with Gasteiger partial charge in [-0.3, -0.25) is 0 Å². The number of carbonyl (C=O) groups is 1. The quantitative estimate of drug-likeness (QED) is 0.850. The number of hydrogen-bond acceptors (Lipinski definition) is 2. The third kappa shape index (κ3) is 2.46. The molecular formula is C12H6ClF2NO2. The highest BCUT2D eigenvalue weighted by molar-refractivity contribution is 6.29. The molecule has 1 aromatic carbocycles. The lowest BCUT2D eigenvalue weighted by Crippen LogP contribution is -1.99. The van der Waals surface area contributed by atoms with E-state index in [1.807, 2.05) is 0 Å². The predicted octanol–water partition coefficient (Wildman–Crippen LogP) is 3.38. The van der Waals surface area contributed by atoms with Crippen LogP contribution >= 0.6 is 11.6 Å². The normalized spacial score (nSPS) is 10.4. The van der Waals surface area contributed by atoms with E-state index in [1.165, 1.54) is 0 Å². The van der Waals surface area contributed by atoms with Gasteiger partial charge in [0.15, 0.2) is 0 Å². The molecule has 0 fully saturated rings. The second-order valence-electron chi connectivity index (χ2n) is 3.49. The number of benzene rings is 1. The van der Waals surface area contributed by atoms with E-state index in [0.717, 1.165) is 30.3 Å². The number of pyridine rings is 1. The van der Waals surface area contributed by atoms with Crippen molar-refractivity contribution in [3.05, 3.63) is 52.7 Å². The number of carboxylic acids is 1. The van der Waals surface area contributed by atoms with Gasteiger partial charge in [-0.2, -0.15) is 0 Å². The van der Waals surface area contributed by atoms with Gasteiger partial charge >= 0.3 is 5.97 Å². The van der Waals surface area contributed by atoms with Crippen LogP contribution in [-0.2, 0) is 0 Å². The maximum atomic E-state index is 13.5. The van der Waals surface area contributed by atoms with Gasteiger partial charge in [-0.05, 0) is 30.3 Å². The van der Waals surface area contributed by atoms with Gasteiger partial charge in [-0.25, -0.2) is 18.6 Å². The molecule has 92 valence electrons. The van der Waals surface area contributed by atoms with Crippen molar-refractivity contribution < 1.29 is 18.7 Å². The van der Waals surface area contributed by atoms with Crippen LogP contribution < -0.4 is 0 Å². The maximum Gasteiger partial charge on any atom is 0.335 e. The molecule has 3 nitrogen and oxygen atoms in total. The van der Waals surface area contributed by atoms with Gasteiger partial charge in [-0.1, -0.05) is 11.6 Å². The minimum atomic E-state index is -1.22. The molecule has 2 rings (SSSR count). The first-order valence-corrected chi connectivity index (χ1v) is 5.21. The molecule has 0 unspecified atom stereocenters. The zero-order valence-electron chi connectivity index (χ0n) is 8.82. The van der Waals surface area contributed by atoms with Gasteiger partial charge in [-0.15, -0.1) is 0 Å². The minimum Gasteiger partial charge on any atom is -0.478 e. The number of aromatic carboxylic acids is 1. The monoisotopic (exact) mass is 269 g/mol. The highest BCUT2D eigenvalue weighted by atomic mass is 35.5. The summed E-state index contributed by atoms with van der Waals surface area (Å²) in [5.74, 6) is -2.58. The predicted molar refractivity (Wildman–Crippen MR) is 61.6 cm³/mol. The highest BCUT2D eigenvalue weighted by Crippen LogP contribution is 2.24. The summed E-state index contributed by atoms with van der Waals surface area (Å²) < 4.78 is 26.6. The molecule has 1 aromatic heterocycles. The number of nitrogens with zero attached hydrogens (tertiary/aromatic N) is 1. The Bertz CT molecular complexity index is 631. The smallest absolute Gasteiger partial charge is 0.335 e. The van der Waals surface area contributed by atoms with Gasteiger partial charge in [0.1, 0.15) is 16.8 Å². The summed E-state index contributed by atoms with van der Waals surface area (Å²) in [6, 6.07) is 5.09. The number of halogens is 3. The van der Waals surface area contributed by atoms with Gasteiger partial charge < -0.3 is 5.11 Å². The Morgan fingerprint density at radius 2 is 1.94 bits per heavy atom. The third-order valence-electron chi connectivity index (χ3n) is 2.25. The Balaban J connectivity index is 2.63. The molecule has 1 heterocycles. The Morgan fingerprint density at radius 3 is 2.61 bits per heavy atom. The first-order valence-electron chi connectivity index (χ1n) is 4.83. The molecular weight excluding hydrogens is 264 g/mol. The Labute approximate surface area is 106 Å². The zero-order chi connectivity index (χ0) is 13.3. The maximum absolute atomic E-state index is 13.5. The lowest BCUT2D eigenvalue weighted by molar-refractivity contribution is 0.0697. The summed E-state index contributed by atoms with van der Waals surface area (Å²) in [5, 5.41) is 8.75. The second-order valence-corrected chi connectivity index (χ2v) is 3.88. The molecule has 0 amide bonds. The van der Waals surface area contributed by atoms with Crippen molar-refractivity contribution >= 4 is 17.6 Å². The van der Waals surface area contributed by atoms with Crippen LogP contribution in [0.25, 0.3) is 11.3 Å². The fourth-order valence-corrected chi connectivity index (χ4v) is 1.66. The molecule has 0 aliphatic rings. The molecule has 6 heteroatoms. The van der Waals surface area contributed by atoms with Crippen LogP contribution in [0.1, 0.15) is 10.4 Å². The van der Waals surface area contributed by atoms with Gasteiger partial charge in [0, 0.05) is 5.56 Å². The Morgan fingerprint density at radius 1 is 1.22 bits per heavy atom. The number of aromatic nitrogens is 1. The fraction of sp³-hybridized carbons (Fsp3) is 0. The molecule has 0 bridgehead atoms. The number of rotatable bonds is 2. The molecule has 0 aliphatic carbocycles. The van der Waals surface area contributed by atoms with Crippen LogP contribution in [0.15, 0.2) is 30.3 Å². The fourth-order valence-electron chi connectivity index (χ4n) is 1.45. The van der Waals surface area contributed by atoms with Crippen molar-refractivity contribution in [3.63, 3.8) is 0 Å². The SMILES string of the molecule is O=C(O)c1cc(Cl)nc(-c2cc(F)ccc2F)c1. The summed E-state index contributed by atoms with van der Waals surface area (Å²) in [6.07, 6.45) is 0. The first kappa shape index (κ1) is 12.4. The van der Waals surface area contributed by atoms with Crippen molar-refractivity contribution in [2.24, 2.45) is 0 Å². The van der Waals surface area contributed by atoms with E-state index >= 15 is 0 Å². The van der Waals surface area contributed by atoms with E-state index in [1.54, 1.807) is 0 Å². The van der Waals surface area contributed by atoms with E-state index in [9.17, 15) is 13.6 Å². The van der Waals surface area contributed by atoms with Crippen LogP contribution in [0.4, 0.5) is 8.78 Å². The van der Waals surface area contributed by atoms with E-state index in [-0.39, 0.29) is 22.0 Å². The van der Waals surface area contributed by atoms with Crippen molar-refractivity contribution in [1.82, 2.24) is 4.98 Å². The molecule has 0 aliphatic heterocycles. The molecule has 0 atom stereocenters. The van der Waals surface area contributed by atoms with Gasteiger partial charge in [0.25, 0.3) is 0 Å². The molecule has 0 radical (unpaired) electrons. The standard InChI is InChI=1S/C12H6ClF2NO2/c13-11-4-6(12(17)18)3-10(16-11)8-5-7(14)1-2-9(8)15/h1-5H,(H,17,18). The molecule has 0 spiro atoms. The van der Waals surface area contributed by atoms with E-state index in [2.05, 4.69) is 4.98 Å². The lowest BCUT2D eigenvalue weighted by atomic mass is 10.1. The lowest BCUT2D eigenvalue weighted by Gasteiger charge is -2.05. The number of hydrogen-bond donors (Lipinski definition) is 1. The Kier molecular flexibility index (Phi) is 3.25. The van der Waals surface area contributed by atoms with Crippen molar-refractivity contribution in [3.8, 4) is 11.3 Å². The highest BCUT2D eigenvalue weighted by Gasteiger charge is 2.12. The molecule has 2 aromatic rings. The Hall–Kier alpha value is -2.01. The van der Waals surface area contributed by atoms with Gasteiger partial charge in [0.05, 0.1) is 11.3 Å². The zero-order valence-corrected chi connectivity index (χ0v) is 9.58. The van der Waals surface area contributed by atoms with Crippen molar-refractivity contribution in [2.75, 3.05) is 0 Å². The van der Waals surface area contributed by atoms with Crippen LogP contribution in [0, 0.1) is 11.6 Å². The van der Waals surface area contributed by atoms with Crippen LogP contribution in [0.5, 0.6) is 0 Å². The van der Waals surface area contributed by atoms with Crippen LogP contribution in [-0.4, -0.2) is 16.1 Å². The summed E-state index contributed by atoms with van der Waals surface area (Å²) >= 11 is 5.65. The average molecular weight is 270 g/mol. The molecule has 1 N–H and O–H groups in total. The minimum absolute atomic E-state index is 0.0306. The van der Waals surface area contributed by atoms with Crippen LogP contribution in [0.2, 0.25) is 5.15 Å². The largest absolute Gasteiger partial charge is 0.478 e. The third-order valence-corrected chi connectivity index (χ3v) is 2.44. The van der Waals surface area contributed by atoms with Crippen molar-refractivity contribution in [1.29, 1.82) is 0 Å².